The van der Waals surface area contributed by atoms with Crippen molar-refractivity contribution < 1.29 is 9.66 Å². The maximum absolute atomic E-state index is 11.5. The molecule has 0 bridgehead atoms. The molecule has 21 heavy (non-hydrogen) atoms. The molecule has 6 heteroatoms. The normalized spacial score (nSPS) is 21.1. The Hall–Kier alpha value is -1.82. The molecule has 0 amide bonds. The van der Waals surface area contributed by atoms with Crippen LogP contribution in [0.25, 0.3) is 0 Å². The van der Waals surface area contributed by atoms with Gasteiger partial charge in [0, 0.05) is 19.6 Å². The SMILES string of the molecule is CCNc1cccc(N2CC(C)OC(C)(C)C2)c1[N+](=O)[O-]. The lowest BCUT2D eigenvalue weighted by Crippen LogP contribution is -2.52. The van der Waals surface area contributed by atoms with Crippen LogP contribution in [0.15, 0.2) is 18.2 Å². The van der Waals surface area contributed by atoms with Crippen molar-refractivity contribution in [3.05, 3.63) is 28.3 Å². The van der Waals surface area contributed by atoms with E-state index in [4.69, 9.17) is 4.74 Å². The molecular formula is C15H23N3O3. The van der Waals surface area contributed by atoms with Crippen LogP contribution in [-0.2, 0) is 4.74 Å². The molecule has 1 unspecified atom stereocenters. The molecule has 0 aromatic heterocycles. The van der Waals surface area contributed by atoms with E-state index in [9.17, 15) is 10.1 Å². The van der Waals surface area contributed by atoms with Gasteiger partial charge in [-0.2, -0.15) is 0 Å². The van der Waals surface area contributed by atoms with E-state index >= 15 is 0 Å². The Bertz CT molecular complexity index is 531. The molecule has 0 saturated carbocycles. The lowest BCUT2D eigenvalue weighted by atomic mass is 10.0. The number of para-hydroxylation sites is 1. The number of rotatable bonds is 4. The van der Waals surface area contributed by atoms with E-state index in [-0.39, 0.29) is 22.3 Å². The molecule has 1 aliphatic rings. The number of hydrogen-bond acceptors (Lipinski definition) is 5. The number of benzene rings is 1. The number of nitro groups is 1. The lowest BCUT2D eigenvalue weighted by Gasteiger charge is -2.42. The molecule has 1 aromatic carbocycles. The maximum Gasteiger partial charge on any atom is 0.315 e. The van der Waals surface area contributed by atoms with Crippen molar-refractivity contribution in [1.29, 1.82) is 0 Å². The Kier molecular flexibility index (Phi) is 4.37. The van der Waals surface area contributed by atoms with E-state index in [1.165, 1.54) is 0 Å². The van der Waals surface area contributed by atoms with E-state index in [0.29, 0.717) is 31.0 Å². The van der Waals surface area contributed by atoms with Gasteiger partial charge in [-0.3, -0.25) is 10.1 Å². The van der Waals surface area contributed by atoms with Crippen LogP contribution >= 0.6 is 0 Å². The van der Waals surface area contributed by atoms with E-state index in [1.807, 2.05) is 44.7 Å². The molecule has 6 nitrogen and oxygen atoms in total. The van der Waals surface area contributed by atoms with Crippen LogP contribution < -0.4 is 10.2 Å². The standard InChI is InChI=1S/C15H23N3O3/c1-5-16-12-7-6-8-13(14(12)18(19)20)17-9-11(2)21-15(3,4)10-17/h6-8,11,16H,5,9-10H2,1-4H3. The molecule has 0 radical (unpaired) electrons. The smallest absolute Gasteiger partial charge is 0.315 e. The first kappa shape index (κ1) is 15.6. The summed E-state index contributed by atoms with van der Waals surface area (Å²) in [5.41, 5.74) is 1.04. The summed E-state index contributed by atoms with van der Waals surface area (Å²) in [6, 6.07) is 5.42. The number of nitrogens with zero attached hydrogens (tertiary/aromatic N) is 2. The summed E-state index contributed by atoms with van der Waals surface area (Å²) in [5.74, 6) is 0. The van der Waals surface area contributed by atoms with Crippen molar-refractivity contribution in [2.75, 3.05) is 29.9 Å². The van der Waals surface area contributed by atoms with Crippen molar-refractivity contribution in [2.45, 2.75) is 39.4 Å². The van der Waals surface area contributed by atoms with Crippen LogP contribution in [0.5, 0.6) is 0 Å². The van der Waals surface area contributed by atoms with Crippen molar-refractivity contribution in [3.63, 3.8) is 0 Å². The zero-order valence-corrected chi connectivity index (χ0v) is 13.0. The van der Waals surface area contributed by atoms with Crippen molar-refractivity contribution in [3.8, 4) is 0 Å². The van der Waals surface area contributed by atoms with Gasteiger partial charge < -0.3 is 15.0 Å². The monoisotopic (exact) mass is 293 g/mol. The summed E-state index contributed by atoms with van der Waals surface area (Å²) in [6.45, 7) is 9.87. The Labute approximate surface area is 125 Å². The fraction of sp³-hybridized carbons (Fsp3) is 0.600. The molecule has 2 rings (SSSR count). The minimum absolute atomic E-state index is 0.0381. The Morgan fingerprint density at radius 2 is 2.24 bits per heavy atom. The van der Waals surface area contributed by atoms with Crippen LogP contribution in [0.4, 0.5) is 17.1 Å². The van der Waals surface area contributed by atoms with E-state index in [2.05, 4.69) is 5.32 Å². The van der Waals surface area contributed by atoms with Gasteiger partial charge in [0.1, 0.15) is 11.4 Å². The highest BCUT2D eigenvalue weighted by atomic mass is 16.6. The summed E-state index contributed by atoms with van der Waals surface area (Å²) in [6.07, 6.45) is 0.0381. The van der Waals surface area contributed by atoms with Gasteiger partial charge in [-0.1, -0.05) is 6.07 Å². The van der Waals surface area contributed by atoms with E-state index in [1.54, 1.807) is 6.07 Å². The molecule has 1 N–H and O–H groups in total. The summed E-state index contributed by atoms with van der Waals surface area (Å²) < 4.78 is 5.88. The van der Waals surface area contributed by atoms with E-state index in [0.717, 1.165) is 0 Å². The fourth-order valence-corrected chi connectivity index (χ4v) is 2.95. The summed E-state index contributed by atoms with van der Waals surface area (Å²) in [7, 11) is 0. The Morgan fingerprint density at radius 1 is 1.52 bits per heavy atom. The number of morpholine rings is 1. The zero-order chi connectivity index (χ0) is 15.6. The molecule has 1 saturated heterocycles. The van der Waals surface area contributed by atoms with Crippen LogP contribution in [0.3, 0.4) is 0 Å². The second-order valence-corrected chi connectivity index (χ2v) is 6.03. The first-order valence-electron chi connectivity index (χ1n) is 7.28. The largest absolute Gasteiger partial charge is 0.380 e. The maximum atomic E-state index is 11.5. The topological polar surface area (TPSA) is 67.6 Å². The number of nitro benzene ring substituents is 1. The molecular weight excluding hydrogens is 270 g/mol. The molecule has 1 atom stereocenters. The number of ether oxygens (including phenoxy) is 1. The number of anilines is 2. The third-order valence-electron chi connectivity index (χ3n) is 3.47. The Morgan fingerprint density at radius 3 is 2.81 bits per heavy atom. The summed E-state index contributed by atoms with van der Waals surface area (Å²) in [5, 5.41) is 14.6. The van der Waals surface area contributed by atoms with Crippen LogP contribution in [0, 0.1) is 10.1 Å². The van der Waals surface area contributed by atoms with E-state index < -0.39 is 0 Å². The highest BCUT2D eigenvalue weighted by Gasteiger charge is 2.34. The zero-order valence-electron chi connectivity index (χ0n) is 13.0. The molecule has 1 aliphatic heterocycles. The average Bonchev–Trinajstić information content (AvgIpc) is 2.36. The minimum atomic E-state index is -0.320. The first-order chi connectivity index (χ1) is 9.84. The number of nitrogens with one attached hydrogen (secondary N) is 1. The van der Waals surface area contributed by atoms with Gasteiger partial charge in [0.2, 0.25) is 0 Å². The quantitative estimate of drug-likeness (QED) is 0.682. The minimum Gasteiger partial charge on any atom is -0.380 e. The van der Waals surface area contributed by atoms with Gasteiger partial charge >= 0.3 is 5.69 Å². The first-order valence-corrected chi connectivity index (χ1v) is 7.28. The third kappa shape index (κ3) is 3.44. The number of hydrogen-bond donors (Lipinski definition) is 1. The van der Waals surface area contributed by atoms with Crippen LogP contribution in [-0.4, -0.2) is 36.3 Å². The molecule has 116 valence electrons. The van der Waals surface area contributed by atoms with Crippen molar-refractivity contribution in [1.82, 2.24) is 0 Å². The molecule has 1 fully saturated rings. The van der Waals surface area contributed by atoms with Crippen LogP contribution in [0.2, 0.25) is 0 Å². The lowest BCUT2D eigenvalue weighted by molar-refractivity contribution is -0.383. The summed E-state index contributed by atoms with van der Waals surface area (Å²) >= 11 is 0. The van der Waals surface area contributed by atoms with Gasteiger partial charge in [-0.25, -0.2) is 0 Å². The van der Waals surface area contributed by atoms with Crippen molar-refractivity contribution >= 4 is 17.1 Å². The predicted molar refractivity (Wildman–Crippen MR) is 84.1 cm³/mol. The third-order valence-corrected chi connectivity index (χ3v) is 3.47. The average molecular weight is 293 g/mol. The van der Waals surface area contributed by atoms with Gasteiger partial charge in [0.25, 0.3) is 0 Å². The molecule has 1 heterocycles. The second-order valence-electron chi connectivity index (χ2n) is 6.03. The summed E-state index contributed by atoms with van der Waals surface area (Å²) in [4.78, 5) is 13.3. The molecule has 1 aromatic rings. The highest BCUT2D eigenvalue weighted by molar-refractivity contribution is 5.77. The molecule has 0 aliphatic carbocycles. The van der Waals surface area contributed by atoms with Gasteiger partial charge in [-0.05, 0) is 39.8 Å². The van der Waals surface area contributed by atoms with Crippen molar-refractivity contribution in [2.24, 2.45) is 0 Å². The fourth-order valence-electron chi connectivity index (χ4n) is 2.95. The molecule has 0 spiro atoms. The second kappa shape index (κ2) is 5.89. The van der Waals surface area contributed by atoms with Gasteiger partial charge in [0.15, 0.2) is 0 Å². The van der Waals surface area contributed by atoms with Gasteiger partial charge in [0.05, 0.1) is 16.6 Å². The predicted octanol–water partition coefficient (Wildman–Crippen LogP) is 3.03. The highest BCUT2D eigenvalue weighted by Crippen LogP contribution is 2.37. The van der Waals surface area contributed by atoms with Gasteiger partial charge in [-0.15, -0.1) is 0 Å². The Balaban J connectivity index is 2.43. The van der Waals surface area contributed by atoms with Crippen LogP contribution in [0.1, 0.15) is 27.7 Å².